The van der Waals surface area contributed by atoms with Crippen molar-refractivity contribution in [2.24, 2.45) is 0 Å². The molecule has 0 amide bonds. The molecular formula is C11H13ClO. The lowest BCUT2D eigenvalue weighted by atomic mass is 10.2. The molecule has 0 fully saturated rings. The van der Waals surface area contributed by atoms with E-state index in [0.717, 1.165) is 16.9 Å². The number of aryl methyl sites for hydroxylation is 1. The molecule has 1 rings (SSSR count). The average Bonchev–Trinajstić information content (AvgIpc) is 2.06. The second-order valence-corrected chi connectivity index (χ2v) is 3.59. The molecule has 0 bridgehead atoms. The van der Waals surface area contributed by atoms with E-state index in [1.165, 1.54) is 0 Å². The molecule has 0 aliphatic carbocycles. The molecule has 0 N–H and O–H groups in total. The molecule has 0 aliphatic heterocycles. The van der Waals surface area contributed by atoms with Crippen molar-refractivity contribution in [3.8, 4) is 5.75 Å². The highest BCUT2D eigenvalue weighted by Crippen LogP contribution is 2.22. The highest BCUT2D eigenvalue weighted by atomic mass is 35.5. The monoisotopic (exact) mass is 196 g/mol. The van der Waals surface area contributed by atoms with E-state index in [1.54, 1.807) is 0 Å². The van der Waals surface area contributed by atoms with Crippen LogP contribution in [0.2, 0.25) is 5.02 Å². The molecule has 1 nitrogen and oxygen atoms in total. The van der Waals surface area contributed by atoms with Gasteiger partial charge in [0.2, 0.25) is 0 Å². The lowest BCUT2D eigenvalue weighted by Crippen LogP contribution is -1.98. The van der Waals surface area contributed by atoms with E-state index in [1.807, 2.05) is 32.0 Å². The van der Waals surface area contributed by atoms with Crippen molar-refractivity contribution in [1.29, 1.82) is 0 Å². The fraction of sp³-hybridized carbons (Fsp3) is 0.273. The van der Waals surface area contributed by atoms with Gasteiger partial charge >= 0.3 is 0 Å². The molecule has 0 saturated carbocycles. The Labute approximate surface area is 84.0 Å². The Kier molecular flexibility index (Phi) is 3.38. The fourth-order valence-electron chi connectivity index (χ4n) is 0.930. The van der Waals surface area contributed by atoms with Gasteiger partial charge in [0, 0.05) is 5.02 Å². The summed E-state index contributed by atoms with van der Waals surface area (Å²) >= 11 is 5.83. The zero-order chi connectivity index (χ0) is 9.84. The number of rotatable bonds is 3. The van der Waals surface area contributed by atoms with Crippen LogP contribution in [0.25, 0.3) is 0 Å². The third-order valence-corrected chi connectivity index (χ3v) is 1.86. The Morgan fingerprint density at radius 3 is 2.85 bits per heavy atom. The molecule has 0 radical (unpaired) electrons. The smallest absolute Gasteiger partial charge is 0.124 e. The van der Waals surface area contributed by atoms with Crippen LogP contribution in [0.3, 0.4) is 0 Å². The van der Waals surface area contributed by atoms with Gasteiger partial charge in [0.05, 0.1) is 0 Å². The standard InChI is InChI=1S/C11H13ClO/c1-8(2)7-13-11-6-10(12)5-4-9(11)3/h4-6H,1,7H2,2-3H3. The number of benzene rings is 1. The van der Waals surface area contributed by atoms with Crippen molar-refractivity contribution in [1.82, 2.24) is 0 Å². The Hall–Kier alpha value is -0.950. The lowest BCUT2D eigenvalue weighted by Gasteiger charge is -2.08. The Morgan fingerprint density at radius 1 is 1.54 bits per heavy atom. The molecule has 0 aromatic heterocycles. The van der Waals surface area contributed by atoms with Gasteiger partial charge in [0.25, 0.3) is 0 Å². The molecule has 0 spiro atoms. The van der Waals surface area contributed by atoms with E-state index in [-0.39, 0.29) is 0 Å². The Morgan fingerprint density at radius 2 is 2.23 bits per heavy atom. The predicted octanol–water partition coefficient (Wildman–Crippen LogP) is 3.60. The van der Waals surface area contributed by atoms with Crippen LogP contribution in [0.5, 0.6) is 5.75 Å². The van der Waals surface area contributed by atoms with Gasteiger partial charge in [-0.15, -0.1) is 0 Å². The Balaban J connectivity index is 2.75. The molecule has 0 aliphatic rings. The molecule has 70 valence electrons. The maximum atomic E-state index is 5.83. The molecule has 2 heteroatoms. The lowest BCUT2D eigenvalue weighted by molar-refractivity contribution is 0.350. The molecule has 13 heavy (non-hydrogen) atoms. The topological polar surface area (TPSA) is 9.23 Å². The predicted molar refractivity (Wildman–Crippen MR) is 56.5 cm³/mol. The SMILES string of the molecule is C=C(C)COc1cc(Cl)ccc1C. The van der Waals surface area contributed by atoms with Crippen LogP contribution in [-0.4, -0.2) is 6.61 Å². The number of ether oxygens (including phenoxy) is 1. The summed E-state index contributed by atoms with van der Waals surface area (Å²) in [4.78, 5) is 0. The minimum Gasteiger partial charge on any atom is -0.489 e. The van der Waals surface area contributed by atoms with Crippen molar-refractivity contribution < 1.29 is 4.74 Å². The molecule has 0 atom stereocenters. The highest BCUT2D eigenvalue weighted by Gasteiger charge is 1.99. The molecule has 1 aromatic rings. The van der Waals surface area contributed by atoms with Crippen LogP contribution < -0.4 is 4.74 Å². The highest BCUT2D eigenvalue weighted by molar-refractivity contribution is 6.30. The van der Waals surface area contributed by atoms with E-state index in [4.69, 9.17) is 16.3 Å². The van der Waals surface area contributed by atoms with Crippen molar-refractivity contribution in [2.45, 2.75) is 13.8 Å². The van der Waals surface area contributed by atoms with Crippen LogP contribution in [0.15, 0.2) is 30.4 Å². The summed E-state index contributed by atoms with van der Waals surface area (Å²) in [6.07, 6.45) is 0. The van der Waals surface area contributed by atoms with Gasteiger partial charge in [0.15, 0.2) is 0 Å². The largest absolute Gasteiger partial charge is 0.489 e. The molecule has 0 saturated heterocycles. The van der Waals surface area contributed by atoms with E-state index in [2.05, 4.69) is 6.58 Å². The first kappa shape index (κ1) is 10.1. The molecule has 1 aromatic carbocycles. The maximum absolute atomic E-state index is 5.83. The summed E-state index contributed by atoms with van der Waals surface area (Å²) in [7, 11) is 0. The maximum Gasteiger partial charge on any atom is 0.124 e. The van der Waals surface area contributed by atoms with Gasteiger partial charge in [-0.05, 0) is 37.1 Å². The quantitative estimate of drug-likeness (QED) is 0.672. The van der Waals surface area contributed by atoms with Gasteiger partial charge < -0.3 is 4.74 Å². The van der Waals surface area contributed by atoms with Crippen LogP contribution in [0.1, 0.15) is 12.5 Å². The van der Waals surface area contributed by atoms with Crippen molar-refractivity contribution >= 4 is 11.6 Å². The number of halogens is 1. The van der Waals surface area contributed by atoms with Crippen molar-refractivity contribution in [3.63, 3.8) is 0 Å². The third kappa shape index (κ3) is 3.11. The van der Waals surface area contributed by atoms with E-state index in [0.29, 0.717) is 11.6 Å². The fourth-order valence-corrected chi connectivity index (χ4v) is 1.09. The van der Waals surface area contributed by atoms with Crippen LogP contribution >= 0.6 is 11.6 Å². The van der Waals surface area contributed by atoms with Crippen LogP contribution in [0.4, 0.5) is 0 Å². The number of hydrogen-bond donors (Lipinski definition) is 0. The third-order valence-electron chi connectivity index (χ3n) is 1.62. The first-order chi connectivity index (χ1) is 6.09. The summed E-state index contributed by atoms with van der Waals surface area (Å²) in [6, 6.07) is 5.61. The van der Waals surface area contributed by atoms with Crippen molar-refractivity contribution in [2.75, 3.05) is 6.61 Å². The van der Waals surface area contributed by atoms with Crippen molar-refractivity contribution in [3.05, 3.63) is 40.9 Å². The Bertz CT molecular complexity index is 318. The number of hydrogen-bond acceptors (Lipinski definition) is 1. The first-order valence-corrected chi connectivity index (χ1v) is 4.50. The van der Waals surface area contributed by atoms with Gasteiger partial charge in [-0.25, -0.2) is 0 Å². The van der Waals surface area contributed by atoms with E-state index in [9.17, 15) is 0 Å². The minimum atomic E-state index is 0.543. The van der Waals surface area contributed by atoms with Gasteiger partial charge in [-0.2, -0.15) is 0 Å². The average molecular weight is 197 g/mol. The van der Waals surface area contributed by atoms with Gasteiger partial charge in [0.1, 0.15) is 12.4 Å². The van der Waals surface area contributed by atoms with Crippen LogP contribution in [-0.2, 0) is 0 Å². The minimum absolute atomic E-state index is 0.543. The van der Waals surface area contributed by atoms with E-state index >= 15 is 0 Å². The first-order valence-electron chi connectivity index (χ1n) is 4.13. The summed E-state index contributed by atoms with van der Waals surface area (Å²) in [5, 5.41) is 0.697. The summed E-state index contributed by atoms with van der Waals surface area (Å²) in [5.74, 6) is 0.829. The molecule has 0 heterocycles. The summed E-state index contributed by atoms with van der Waals surface area (Å²) in [6.45, 7) is 8.23. The van der Waals surface area contributed by atoms with E-state index < -0.39 is 0 Å². The van der Waals surface area contributed by atoms with Gasteiger partial charge in [-0.1, -0.05) is 24.2 Å². The van der Waals surface area contributed by atoms with Gasteiger partial charge in [-0.3, -0.25) is 0 Å². The summed E-state index contributed by atoms with van der Waals surface area (Å²) < 4.78 is 5.50. The normalized spacial score (nSPS) is 9.77. The van der Waals surface area contributed by atoms with Crippen LogP contribution in [0, 0.1) is 6.92 Å². The zero-order valence-corrected chi connectivity index (χ0v) is 8.69. The molecule has 0 unspecified atom stereocenters. The molecular weight excluding hydrogens is 184 g/mol. The second kappa shape index (κ2) is 4.33. The zero-order valence-electron chi connectivity index (χ0n) is 7.93. The summed E-state index contributed by atoms with van der Waals surface area (Å²) in [5.41, 5.74) is 2.09. The second-order valence-electron chi connectivity index (χ2n) is 3.16.